The highest BCUT2D eigenvalue weighted by molar-refractivity contribution is 5.83. The second-order valence-electron chi connectivity index (χ2n) is 6.84. The molecule has 1 saturated carbocycles. The van der Waals surface area contributed by atoms with Gasteiger partial charge in [-0.1, -0.05) is 19.1 Å². The summed E-state index contributed by atoms with van der Waals surface area (Å²) in [7, 11) is 0. The molecule has 22 heavy (non-hydrogen) atoms. The van der Waals surface area contributed by atoms with Crippen molar-refractivity contribution >= 4 is 5.91 Å². The zero-order valence-electron chi connectivity index (χ0n) is 13.1. The molecule has 1 aromatic carbocycles. The number of nitrogens with zero attached hydrogens (tertiary/aromatic N) is 1. The number of amides is 1. The number of aliphatic hydroxyl groups excluding tert-OH is 1. The third kappa shape index (κ3) is 2.89. The summed E-state index contributed by atoms with van der Waals surface area (Å²) >= 11 is 0. The van der Waals surface area contributed by atoms with Crippen LogP contribution in [0.1, 0.15) is 44.1 Å². The lowest BCUT2D eigenvalue weighted by molar-refractivity contribution is -0.135. The number of hydrogen-bond donors (Lipinski definition) is 1. The Kier molecular flexibility index (Phi) is 4.22. The van der Waals surface area contributed by atoms with Crippen molar-refractivity contribution in [1.29, 1.82) is 0 Å². The molecule has 4 heteroatoms. The fourth-order valence-corrected chi connectivity index (χ4v) is 3.63. The van der Waals surface area contributed by atoms with Crippen LogP contribution in [0.5, 0.6) is 0 Å². The molecule has 1 saturated heterocycles. The van der Waals surface area contributed by atoms with Crippen LogP contribution in [-0.4, -0.2) is 35.6 Å². The molecule has 3 nitrogen and oxygen atoms in total. The molecule has 0 bridgehead atoms. The van der Waals surface area contributed by atoms with Gasteiger partial charge >= 0.3 is 0 Å². The minimum atomic E-state index is -0.232. The van der Waals surface area contributed by atoms with Crippen LogP contribution >= 0.6 is 0 Å². The Hall–Kier alpha value is -1.42. The van der Waals surface area contributed by atoms with E-state index in [0.717, 1.165) is 44.3 Å². The Balaban J connectivity index is 1.58. The smallest absolute Gasteiger partial charge is 0.226 e. The zero-order chi connectivity index (χ0) is 15.7. The normalized spacial score (nSPS) is 26.8. The number of aliphatic hydroxyl groups is 1. The number of likely N-dealkylation sites (tertiary alicyclic amines) is 1. The van der Waals surface area contributed by atoms with Crippen LogP contribution in [0.2, 0.25) is 0 Å². The Bertz CT molecular complexity index is 546. The van der Waals surface area contributed by atoms with Crippen molar-refractivity contribution in [2.75, 3.05) is 19.7 Å². The van der Waals surface area contributed by atoms with E-state index in [4.69, 9.17) is 0 Å². The fourth-order valence-electron chi connectivity index (χ4n) is 3.63. The first-order chi connectivity index (χ1) is 10.6. The SMILES string of the molecule is CCC1(CO)CCN(C(=O)C2CC2c2cccc(F)c2)CC1. The van der Waals surface area contributed by atoms with Gasteiger partial charge in [0.05, 0.1) is 0 Å². The van der Waals surface area contributed by atoms with E-state index in [9.17, 15) is 14.3 Å². The molecule has 1 aromatic rings. The molecule has 2 fully saturated rings. The van der Waals surface area contributed by atoms with Gasteiger partial charge in [-0.15, -0.1) is 0 Å². The lowest BCUT2D eigenvalue weighted by Crippen LogP contribution is -2.45. The number of halogens is 1. The minimum Gasteiger partial charge on any atom is -0.396 e. The summed E-state index contributed by atoms with van der Waals surface area (Å²) in [6.45, 7) is 3.79. The molecule has 120 valence electrons. The molecule has 1 amide bonds. The molecule has 2 unspecified atom stereocenters. The van der Waals surface area contributed by atoms with Crippen molar-refractivity contribution < 1.29 is 14.3 Å². The molecule has 2 aliphatic rings. The van der Waals surface area contributed by atoms with E-state index in [2.05, 4.69) is 6.92 Å². The highest BCUT2D eigenvalue weighted by atomic mass is 19.1. The van der Waals surface area contributed by atoms with Gasteiger partial charge in [0.15, 0.2) is 0 Å². The van der Waals surface area contributed by atoms with E-state index in [1.165, 1.54) is 6.07 Å². The third-order valence-corrected chi connectivity index (χ3v) is 5.61. The van der Waals surface area contributed by atoms with Crippen LogP contribution in [0.25, 0.3) is 0 Å². The van der Waals surface area contributed by atoms with Crippen LogP contribution < -0.4 is 0 Å². The van der Waals surface area contributed by atoms with Crippen molar-refractivity contribution in [2.24, 2.45) is 11.3 Å². The first-order valence-corrected chi connectivity index (χ1v) is 8.24. The maximum atomic E-state index is 13.3. The summed E-state index contributed by atoms with van der Waals surface area (Å²) in [5, 5.41) is 9.57. The molecule has 0 aromatic heterocycles. The third-order valence-electron chi connectivity index (χ3n) is 5.61. The average Bonchev–Trinajstić information content (AvgIpc) is 3.35. The Morgan fingerprint density at radius 2 is 2.14 bits per heavy atom. The zero-order valence-corrected chi connectivity index (χ0v) is 13.1. The van der Waals surface area contributed by atoms with E-state index < -0.39 is 0 Å². The van der Waals surface area contributed by atoms with Gasteiger partial charge in [0.25, 0.3) is 0 Å². The van der Waals surface area contributed by atoms with Gasteiger partial charge in [-0.2, -0.15) is 0 Å². The standard InChI is InChI=1S/C18H24FNO2/c1-2-18(12-21)6-8-20(9-7-18)17(22)16-11-15(16)13-4-3-5-14(19)10-13/h3-5,10,15-16,21H,2,6-9,11-12H2,1H3. The largest absolute Gasteiger partial charge is 0.396 e. The van der Waals surface area contributed by atoms with Crippen LogP contribution in [-0.2, 0) is 4.79 Å². The van der Waals surface area contributed by atoms with Crippen LogP contribution in [0.3, 0.4) is 0 Å². The molecule has 1 aliphatic heterocycles. The molecule has 3 rings (SSSR count). The highest BCUT2D eigenvalue weighted by Gasteiger charge is 2.47. The molecule has 0 spiro atoms. The predicted octanol–water partition coefficient (Wildman–Crippen LogP) is 2.94. The van der Waals surface area contributed by atoms with Gasteiger partial charge in [0.1, 0.15) is 5.82 Å². The molecular weight excluding hydrogens is 281 g/mol. The Labute approximate surface area is 131 Å². The summed E-state index contributed by atoms with van der Waals surface area (Å²) in [5.41, 5.74) is 0.941. The summed E-state index contributed by atoms with van der Waals surface area (Å²) in [6.07, 6.45) is 3.55. The number of benzene rings is 1. The molecule has 0 radical (unpaired) electrons. The first-order valence-electron chi connectivity index (χ1n) is 8.24. The van der Waals surface area contributed by atoms with E-state index in [1.807, 2.05) is 11.0 Å². The molecule has 2 atom stereocenters. The molecule has 1 N–H and O–H groups in total. The van der Waals surface area contributed by atoms with Crippen LogP contribution in [0.4, 0.5) is 4.39 Å². The van der Waals surface area contributed by atoms with Gasteiger partial charge in [0.2, 0.25) is 5.91 Å². The quantitative estimate of drug-likeness (QED) is 0.929. The Morgan fingerprint density at radius 1 is 1.41 bits per heavy atom. The number of carbonyl (C=O) groups excluding carboxylic acids is 1. The number of rotatable bonds is 4. The number of carbonyl (C=O) groups is 1. The van der Waals surface area contributed by atoms with Crippen molar-refractivity contribution in [3.05, 3.63) is 35.6 Å². The lowest BCUT2D eigenvalue weighted by atomic mass is 9.77. The Morgan fingerprint density at radius 3 is 2.73 bits per heavy atom. The second-order valence-corrected chi connectivity index (χ2v) is 6.84. The van der Waals surface area contributed by atoms with Crippen molar-refractivity contribution in [1.82, 2.24) is 4.90 Å². The van der Waals surface area contributed by atoms with Crippen LogP contribution in [0, 0.1) is 17.2 Å². The van der Waals surface area contributed by atoms with E-state index in [0.29, 0.717) is 0 Å². The highest BCUT2D eigenvalue weighted by Crippen LogP contribution is 2.49. The number of hydrogen-bond acceptors (Lipinski definition) is 2. The summed E-state index contributed by atoms with van der Waals surface area (Å²) in [4.78, 5) is 14.5. The van der Waals surface area contributed by atoms with Crippen LogP contribution in [0.15, 0.2) is 24.3 Å². The number of piperidine rings is 1. The van der Waals surface area contributed by atoms with Gasteiger partial charge in [-0.25, -0.2) is 4.39 Å². The van der Waals surface area contributed by atoms with Gasteiger partial charge in [-0.05, 0) is 54.7 Å². The summed E-state index contributed by atoms with van der Waals surface area (Å²) in [5.74, 6) is 0.171. The van der Waals surface area contributed by atoms with Crippen molar-refractivity contribution in [3.63, 3.8) is 0 Å². The average molecular weight is 305 g/mol. The molecular formula is C18H24FNO2. The molecule has 1 aliphatic carbocycles. The van der Waals surface area contributed by atoms with E-state index in [1.54, 1.807) is 12.1 Å². The van der Waals surface area contributed by atoms with Crippen molar-refractivity contribution in [3.8, 4) is 0 Å². The van der Waals surface area contributed by atoms with Crippen molar-refractivity contribution in [2.45, 2.75) is 38.5 Å². The van der Waals surface area contributed by atoms with Gasteiger partial charge in [-0.3, -0.25) is 4.79 Å². The monoisotopic (exact) mass is 305 g/mol. The second kappa shape index (κ2) is 5.99. The van der Waals surface area contributed by atoms with E-state index >= 15 is 0 Å². The van der Waals surface area contributed by atoms with Gasteiger partial charge in [0, 0.05) is 25.6 Å². The maximum absolute atomic E-state index is 13.3. The fraction of sp³-hybridized carbons (Fsp3) is 0.611. The van der Waals surface area contributed by atoms with E-state index in [-0.39, 0.29) is 35.6 Å². The predicted molar refractivity (Wildman–Crippen MR) is 82.9 cm³/mol. The lowest BCUT2D eigenvalue weighted by Gasteiger charge is -2.40. The van der Waals surface area contributed by atoms with Gasteiger partial charge < -0.3 is 10.0 Å². The first kappa shape index (κ1) is 15.5. The molecule has 1 heterocycles. The summed E-state index contributed by atoms with van der Waals surface area (Å²) < 4.78 is 13.3. The minimum absolute atomic E-state index is 0.00227. The topological polar surface area (TPSA) is 40.5 Å². The summed E-state index contributed by atoms with van der Waals surface area (Å²) in [6, 6.07) is 6.60. The maximum Gasteiger partial charge on any atom is 0.226 e.